The van der Waals surface area contributed by atoms with Gasteiger partial charge in [-0.05, 0) is 45.7 Å². The van der Waals surface area contributed by atoms with Crippen molar-refractivity contribution >= 4 is 35.4 Å². The number of hydrogen-bond acceptors (Lipinski definition) is 5. The van der Waals surface area contributed by atoms with Crippen molar-refractivity contribution in [1.82, 2.24) is 10.2 Å². The van der Waals surface area contributed by atoms with Crippen LogP contribution in [0.15, 0.2) is 29.2 Å². The van der Waals surface area contributed by atoms with Gasteiger partial charge in [0.1, 0.15) is 5.60 Å². The molecule has 2 heterocycles. The highest BCUT2D eigenvalue weighted by molar-refractivity contribution is 8.01. The molecule has 3 rings (SSSR count). The van der Waals surface area contributed by atoms with Crippen molar-refractivity contribution in [3.05, 3.63) is 24.3 Å². The molecular weight excluding hydrogens is 378 g/mol. The molecule has 7 nitrogen and oxygen atoms in total. The monoisotopic (exact) mass is 405 g/mol. The molecule has 3 amide bonds. The minimum atomic E-state index is -0.515. The number of nitrogens with one attached hydrogen (secondary N) is 2. The van der Waals surface area contributed by atoms with E-state index in [-0.39, 0.29) is 30.4 Å². The number of likely N-dealkylation sites (tertiary alicyclic amines) is 1. The van der Waals surface area contributed by atoms with Gasteiger partial charge in [-0.3, -0.25) is 9.59 Å². The number of amides is 3. The molecule has 1 aromatic rings. The number of para-hydroxylation sites is 1. The van der Waals surface area contributed by atoms with E-state index in [1.54, 1.807) is 4.90 Å². The number of hydrogen-bond donors (Lipinski definition) is 2. The normalized spacial score (nSPS) is 20.2. The van der Waals surface area contributed by atoms with Crippen molar-refractivity contribution in [3.8, 4) is 0 Å². The summed E-state index contributed by atoms with van der Waals surface area (Å²) in [6.45, 7) is 6.62. The zero-order valence-electron chi connectivity index (χ0n) is 16.5. The third-order valence-electron chi connectivity index (χ3n) is 4.59. The quantitative estimate of drug-likeness (QED) is 0.807. The van der Waals surface area contributed by atoms with E-state index in [1.165, 1.54) is 11.8 Å². The Hall–Kier alpha value is -2.22. The zero-order chi connectivity index (χ0) is 20.3. The Bertz CT molecular complexity index is 754. The molecule has 1 aromatic carbocycles. The van der Waals surface area contributed by atoms with Gasteiger partial charge in [-0.1, -0.05) is 12.1 Å². The van der Waals surface area contributed by atoms with E-state index in [1.807, 2.05) is 45.0 Å². The number of carbonyl (C=O) groups is 3. The number of nitrogens with zero attached hydrogens (tertiary/aromatic N) is 1. The van der Waals surface area contributed by atoms with Crippen LogP contribution in [0.5, 0.6) is 0 Å². The Morgan fingerprint density at radius 2 is 1.93 bits per heavy atom. The Morgan fingerprint density at radius 1 is 1.25 bits per heavy atom. The molecule has 0 radical (unpaired) electrons. The van der Waals surface area contributed by atoms with Gasteiger partial charge in [0.15, 0.2) is 0 Å². The molecule has 0 saturated carbocycles. The third-order valence-corrected chi connectivity index (χ3v) is 5.86. The third kappa shape index (κ3) is 5.41. The van der Waals surface area contributed by atoms with Crippen LogP contribution < -0.4 is 10.6 Å². The zero-order valence-corrected chi connectivity index (χ0v) is 17.3. The first-order valence-electron chi connectivity index (χ1n) is 9.55. The molecular formula is C20H27N3O4S. The molecule has 28 heavy (non-hydrogen) atoms. The molecule has 2 aliphatic rings. The maximum atomic E-state index is 12.4. The Labute approximate surface area is 169 Å². The van der Waals surface area contributed by atoms with Crippen molar-refractivity contribution in [3.63, 3.8) is 0 Å². The fraction of sp³-hybridized carbons (Fsp3) is 0.550. The van der Waals surface area contributed by atoms with E-state index in [0.717, 1.165) is 10.6 Å². The molecule has 1 saturated heterocycles. The summed E-state index contributed by atoms with van der Waals surface area (Å²) in [5.41, 5.74) is 0.280. The first kappa shape index (κ1) is 20.5. The van der Waals surface area contributed by atoms with Gasteiger partial charge in [0.05, 0.1) is 10.9 Å². The second kappa shape index (κ2) is 8.43. The summed E-state index contributed by atoms with van der Waals surface area (Å²) >= 11 is 1.42. The van der Waals surface area contributed by atoms with Gasteiger partial charge < -0.3 is 20.3 Å². The molecule has 2 N–H and O–H groups in total. The summed E-state index contributed by atoms with van der Waals surface area (Å²) < 4.78 is 5.39. The van der Waals surface area contributed by atoms with Crippen LogP contribution in [-0.2, 0) is 14.3 Å². The highest BCUT2D eigenvalue weighted by atomic mass is 32.2. The fourth-order valence-corrected chi connectivity index (χ4v) is 4.33. The number of ether oxygens (including phenoxy) is 1. The average Bonchev–Trinajstić information content (AvgIpc) is 2.61. The van der Waals surface area contributed by atoms with E-state index in [4.69, 9.17) is 4.74 Å². The molecule has 0 bridgehead atoms. The largest absolute Gasteiger partial charge is 0.444 e. The number of carbonyl (C=O) groups excluding carboxylic acids is 3. The molecule has 1 atom stereocenters. The van der Waals surface area contributed by atoms with Crippen LogP contribution >= 0.6 is 11.8 Å². The van der Waals surface area contributed by atoms with E-state index in [9.17, 15) is 14.4 Å². The van der Waals surface area contributed by atoms with Crippen LogP contribution in [0.1, 0.15) is 40.0 Å². The van der Waals surface area contributed by atoms with Gasteiger partial charge in [0, 0.05) is 30.4 Å². The lowest BCUT2D eigenvalue weighted by Gasteiger charge is -2.34. The number of thioether (sulfide) groups is 1. The summed E-state index contributed by atoms with van der Waals surface area (Å²) in [5, 5.41) is 5.43. The number of benzene rings is 1. The summed E-state index contributed by atoms with van der Waals surface area (Å²) in [4.78, 5) is 39.4. The topological polar surface area (TPSA) is 87.7 Å². The van der Waals surface area contributed by atoms with Crippen LogP contribution in [0.2, 0.25) is 0 Å². The van der Waals surface area contributed by atoms with Crippen LogP contribution in [-0.4, -0.2) is 52.8 Å². The fourth-order valence-electron chi connectivity index (χ4n) is 3.21. The molecule has 152 valence electrons. The Balaban J connectivity index is 1.45. The Kier molecular flexibility index (Phi) is 6.17. The highest BCUT2D eigenvalue weighted by Gasteiger charge is 2.31. The molecule has 8 heteroatoms. The molecule has 0 aromatic heterocycles. The van der Waals surface area contributed by atoms with E-state index < -0.39 is 10.9 Å². The lowest BCUT2D eigenvalue weighted by Crippen LogP contribution is -2.48. The average molecular weight is 406 g/mol. The minimum absolute atomic E-state index is 0.00937. The maximum Gasteiger partial charge on any atom is 0.410 e. The summed E-state index contributed by atoms with van der Waals surface area (Å²) in [6.07, 6.45) is 1.18. The Morgan fingerprint density at radius 3 is 2.61 bits per heavy atom. The highest BCUT2D eigenvalue weighted by Crippen LogP contribution is 2.36. The summed E-state index contributed by atoms with van der Waals surface area (Å²) in [6, 6.07) is 7.59. The summed E-state index contributed by atoms with van der Waals surface area (Å²) in [7, 11) is 0. The number of rotatable bonds is 3. The number of piperidine rings is 1. The number of fused-ring (bicyclic) bond motifs is 1. The summed E-state index contributed by atoms with van der Waals surface area (Å²) in [5.74, 6) is -0.277. The molecule has 0 aliphatic carbocycles. The SMILES string of the molecule is CC(C)(C)OC(=O)N1CCC(NC(=O)CC2Sc3ccccc3NC2=O)CC1. The molecule has 0 spiro atoms. The second-order valence-corrected chi connectivity index (χ2v) is 9.35. The van der Waals surface area contributed by atoms with Crippen molar-refractivity contribution in [1.29, 1.82) is 0 Å². The van der Waals surface area contributed by atoms with Crippen LogP contribution in [0.4, 0.5) is 10.5 Å². The van der Waals surface area contributed by atoms with Crippen molar-refractivity contribution in [2.24, 2.45) is 0 Å². The molecule has 1 unspecified atom stereocenters. The van der Waals surface area contributed by atoms with E-state index in [0.29, 0.717) is 25.9 Å². The van der Waals surface area contributed by atoms with E-state index >= 15 is 0 Å². The maximum absolute atomic E-state index is 12.4. The van der Waals surface area contributed by atoms with Crippen molar-refractivity contribution in [2.45, 2.75) is 61.8 Å². The predicted octanol–water partition coefficient (Wildman–Crippen LogP) is 3.01. The first-order chi connectivity index (χ1) is 13.2. The van der Waals surface area contributed by atoms with Crippen molar-refractivity contribution < 1.29 is 19.1 Å². The second-order valence-electron chi connectivity index (χ2n) is 8.11. The lowest BCUT2D eigenvalue weighted by molar-refractivity contribution is -0.124. The van der Waals surface area contributed by atoms with Crippen LogP contribution in [0.3, 0.4) is 0 Å². The number of anilines is 1. The van der Waals surface area contributed by atoms with Gasteiger partial charge in [-0.25, -0.2) is 4.79 Å². The predicted molar refractivity (Wildman–Crippen MR) is 108 cm³/mol. The van der Waals surface area contributed by atoms with E-state index in [2.05, 4.69) is 10.6 Å². The first-order valence-corrected chi connectivity index (χ1v) is 10.4. The van der Waals surface area contributed by atoms with Crippen molar-refractivity contribution in [2.75, 3.05) is 18.4 Å². The molecule has 1 fully saturated rings. The van der Waals surface area contributed by atoms with Gasteiger partial charge in [-0.15, -0.1) is 11.8 Å². The molecule has 2 aliphatic heterocycles. The van der Waals surface area contributed by atoms with Gasteiger partial charge in [-0.2, -0.15) is 0 Å². The smallest absolute Gasteiger partial charge is 0.410 e. The van der Waals surface area contributed by atoms with Crippen LogP contribution in [0, 0.1) is 0 Å². The minimum Gasteiger partial charge on any atom is -0.444 e. The van der Waals surface area contributed by atoms with Crippen LogP contribution in [0.25, 0.3) is 0 Å². The van der Waals surface area contributed by atoms with Gasteiger partial charge >= 0.3 is 6.09 Å². The van der Waals surface area contributed by atoms with Gasteiger partial charge in [0.25, 0.3) is 0 Å². The lowest BCUT2D eigenvalue weighted by atomic mass is 10.0. The van der Waals surface area contributed by atoms with Gasteiger partial charge in [0.2, 0.25) is 11.8 Å². The standard InChI is InChI=1S/C20H27N3O4S/c1-20(2,3)27-19(26)23-10-8-13(9-11-23)21-17(24)12-16-18(25)22-14-6-4-5-7-15(14)28-16/h4-7,13,16H,8-12H2,1-3H3,(H,21,24)(H,22,25).